The number of nitrogens with zero attached hydrogens (tertiary/aromatic N) is 3. The Morgan fingerprint density at radius 2 is 0.651 bits per heavy atom. The molecule has 0 aliphatic carbocycles. The maximum Gasteiger partial charge on any atom is 0.252 e. The molecule has 0 fully saturated rings. The van der Waals surface area contributed by atoms with Gasteiger partial charge in [-0.15, -0.1) is 0 Å². The van der Waals surface area contributed by atoms with Gasteiger partial charge in [-0.05, 0) is 196 Å². The normalized spacial score (nSPS) is 13.2. The first-order chi connectivity index (χ1) is 51.1. The summed E-state index contributed by atoms with van der Waals surface area (Å²) in [6.07, 6.45) is 0. The van der Waals surface area contributed by atoms with Crippen LogP contribution in [0, 0.1) is 0 Å². The summed E-state index contributed by atoms with van der Waals surface area (Å²) in [5, 5.41) is 6.83. The molecule has 5 heterocycles. The van der Waals surface area contributed by atoms with E-state index in [9.17, 15) is 0 Å². The second-order valence-electron chi connectivity index (χ2n) is 33.7. The number of para-hydroxylation sites is 6. The van der Waals surface area contributed by atoms with Gasteiger partial charge in [0.1, 0.15) is 22.3 Å². The molecule has 0 bridgehead atoms. The van der Waals surface area contributed by atoms with E-state index in [4.69, 9.17) is 8.83 Å². The molecular weight excluding hydrogens is 1290 g/mol. The molecule has 17 aromatic rings. The van der Waals surface area contributed by atoms with Gasteiger partial charge in [-0.3, -0.25) is 0 Å². The third kappa shape index (κ3) is 10.5. The molecule has 0 N–H and O–H groups in total. The first kappa shape index (κ1) is 64.9. The molecule has 0 amide bonds. The van der Waals surface area contributed by atoms with E-state index in [2.05, 4.69) is 389 Å². The number of fused-ring (bicyclic) bond motifs is 13. The van der Waals surface area contributed by atoms with Gasteiger partial charge in [0, 0.05) is 71.9 Å². The van der Waals surface area contributed by atoms with Crippen LogP contribution in [0.2, 0.25) is 0 Å². The maximum absolute atomic E-state index is 6.72. The van der Waals surface area contributed by atoms with Crippen molar-refractivity contribution in [2.24, 2.45) is 0 Å². The van der Waals surface area contributed by atoms with Crippen LogP contribution in [0.25, 0.3) is 127 Å². The molecule has 0 unspecified atom stereocenters. The van der Waals surface area contributed by atoms with Crippen LogP contribution in [-0.2, 0) is 21.7 Å². The molecule has 0 atom stereocenters. The zero-order chi connectivity index (χ0) is 72.4. The molecule has 0 radical (unpaired) electrons. The Balaban J connectivity index is 0.964. The lowest BCUT2D eigenvalue weighted by Gasteiger charge is -2.45. The topological polar surface area (TPSA) is 37.7 Å². The molecule has 19 rings (SSSR count). The third-order valence-electron chi connectivity index (χ3n) is 22.8. The maximum atomic E-state index is 6.72. The Morgan fingerprint density at radius 1 is 0.255 bits per heavy atom. The minimum absolute atomic E-state index is 0.123. The number of hydrogen-bond acceptors (Lipinski definition) is 4. The van der Waals surface area contributed by atoms with Crippen molar-refractivity contribution < 1.29 is 8.83 Å². The molecule has 14 aromatic carbocycles. The minimum Gasteiger partial charge on any atom is -0.456 e. The van der Waals surface area contributed by atoms with Gasteiger partial charge >= 0.3 is 0 Å². The van der Waals surface area contributed by atoms with E-state index >= 15 is 0 Å². The zero-order valence-corrected chi connectivity index (χ0v) is 62.4. The van der Waals surface area contributed by atoms with Crippen LogP contribution in [0.1, 0.15) is 105 Å². The van der Waals surface area contributed by atoms with E-state index < -0.39 is 0 Å². The first-order valence-corrected chi connectivity index (χ1v) is 37.6. The molecule has 0 saturated carbocycles. The van der Waals surface area contributed by atoms with Crippen LogP contribution < -0.4 is 26.2 Å². The van der Waals surface area contributed by atoms with Crippen molar-refractivity contribution in [3.63, 3.8) is 0 Å². The summed E-state index contributed by atoms with van der Waals surface area (Å²) in [7, 11) is 0. The van der Waals surface area contributed by atoms with Crippen molar-refractivity contribution in [2.45, 2.75) is 105 Å². The molecule has 0 spiro atoms. The van der Waals surface area contributed by atoms with Crippen LogP contribution in [0.15, 0.2) is 300 Å². The monoisotopic (exact) mass is 1370 g/mol. The van der Waals surface area contributed by atoms with Crippen LogP contribution in [0.4, 0.5) is 34.1 Å². The van der Waals surface area contributed by atoms with Crippen molar-refractivity contribution in [2.75, 3.05) is 9.80 Å². The highest BCUT2D eigenvalue weighted by Crippen LogP contribution is 2.53. The predicted octanol–water partition coefficient (Wildman–Crippen LogP) is 26.2. The Morgan fingerprint density at radius 3 is 1.13 bits per heavy atom. The average Bonchev–Trinajstić information content (AvgIpc) is 0.729. The lowest BCUT2D eigenvalue weighted by atomic mass is 9.33. The van der Waals surface area contributed by atoms with Crippen molar-refractivity contribution in [3.8, 4) is 61.3 Å². The van der Waals surface area contributed by atoms with Gasteiger partial charge in [0.05, 0.1) is 22.4 Å². The quantitative estimate of drug-likeness (QED) is 0.142. The molecule has 0 saturated heterocycles. The predicted molar refractivity (Wildman–Crippen MR) is 451 cm³/mol. The Hall–Kier alpha value is -11.9. The molecule has 514 valence electrons. The number of rotatable bonds is 8. The molecule has 2 aliphatic rings. The van der Waals surface area contributed by atoms with Crippen LogP contribution >= 0.6 is 0 Å². The fourth-order valence-electron chi connectivity index (χ4n) is 17.2. The van der Waals surface area contributed by atoms with Gasteiger partial charge in [-0.25, -0.2) is 0 Å². The molecular formula is C100H84BN3O2. The van der Waals surface area contributed by atoms with Gasteiger partial charge in [0.2, 0.25) is 0 Å². The van der Waals surface area contributed by atoms with Crippen LogP contribution in [-0.4, -0.2) is 11.3 Å². The lowest BCUT2D eigenvalue weighted by molar-refractivity contribution is 0.568. The molecule has 5 nitrogen and oxygen atoms in total. The van der Waals surface area contributed by atoms with E-state index in [0.717, 1.165) is 134 Å². The summed E-state index contributed by atoms with van der Waals surface area (Å²) in [6, 6.07) is 110. The van der Waals surface area contributed by atoms with E-state index in [1.807, 2.05) is 0 Å². The highest BCUT2D eigenvalue weighted by Gasteiger charge is 2.45. The van der Waals surface area contributed by atoms with E-state index in [-0.39, 0.29) is 28.4 Å². The fourth-order valence-corrected chi connectivity index (χ4v) is 17.2. The Bertz CT molecular complexity index is 6100. The number of hydrogen-bond donors (Lipinski definition) is 0. The SMILES string of the molecule is CC(C)(C)c1cc(-c2ccccc2N2c3ccc(-c4cccc5oc6ccccc6c45)cc3B3c4cc(-c5cccc6oc7ccccc7c56)ccc4N(c4ccccc4-c4cc(C(C)(C)C)cc(C(C)(C)C)c4)c4cc(-c5ccc6c(c5)c5ccccc5n6-c5ccccc5)cc2c43)cc(C(C)(C)C)c1. The molecule has 106 heavy (non-hydrogen) atoms. The highest BCUT2D eigenvalue weighted by molar-refractivity contribution is 7.00. The van der Waals surface area contributed by atoms with Crippen molar-refractivity contribution >= 4 is 123 Å². The second-order valence-corrected chi connectivity index (χ2v) is 33.7. The summed E-state index contributed by atoms with van der Waals surface area (Å²) < 4.78 is 15.9. The summed E-state index contributed by atoms with van der Waals surface area (Å²) in [6.45, 7) is 27.9. The Kier molecular flexibility index (Phi) is 14.6. The van der Waals surface area contributed by atoms with Crippen molar-refractivity contribution in [1.82, 2.24) is 4.57 Å². The summed E-state index contributed by atoms with van der Waals surface area (Å²) >= 11 is 0. The van der Waals surface area contributed by atoms with E-state index in [1.165, 1.54) is 66.1 Å². The summed E-state index contributed by atoms with van der Waals surface area (Å²) in [5.41, 5.74) is 33.4. The number of aromatic nitrogens is 1. The van der Waals surface area contributed by atoms with Gasteiger partial charge in [-0.2, -0.15) is 0 Å². The van der Waals surface area contributed by atoms with Crippen LogP contribution in [0.3, 0.4) is 0 Å². The van der Waals surface area contributed by atoms with Crippen molar-refractivity contribution in [1.29, 1.82) is 0 Å². The molecule has 3 aromatic heterocycles. The largest absolute Gasteiger partial charge is 0.456 e. The minimum atomic E-state index is -0.295. The lowest BCUT2D eigenvalue weighted by Crippen LogP contribution is -2.61. The average molecular weight is 1370 g/mol. The van der Waals surface area contributed by atoms with E-state index in [1.54, 1.807) is 0 Å². The van der Waals surface area contributed by atoms with Gasteiger partial charge in [0.15, 0.2) is 0 Å². The second kappa shape index (κ2) is 23.8. The first-order valence-electron chi connectivity index (χ1n) is 37.6. The fraction of sp³-hybridized carbons (Fsp3) is 0.160. The van der Waals surface area contributed by atoms with Gasteiger partial charge in [0.25, 0.3) is 6.71 Å². The highest BCUT2D eigenvalue weighted by atomic mass is 16.3. The van der Waals surface area contributed by atoms with Crippen molar-refractivity contribution in [3.05, 3.63) is 313 Å². The van der Waals surface area contributed by atoms with Gasteiger partial charge < -0.3 is 23.2 Å². The number of furan rings is 2. The molecule has 2 aliphatic heterocycles. The van der Waals surface area contributed by atoms with Gasteiger partial charge in [-0.1, -0.05) is 283 Å². The molecule has 6 heteroatoms. The van der Waals surface area contributed by atoms with Crippen LogP contribution in [0.5, 0.6) is 0 Å². The zero-order valence-electron chi connectivity index (χ0n) is 62.4. The summed E-state index contributed by atoms with van der Waals surface area (Å²) in [5.74, 6) is 0. The number of benzene rings is 14. The number of anilines is 6. The van der Waals surface area contributed by atoms with E-state index in [0.29, 0.717) is 0 Å². The smallest absolute Gasteiger partial charge is 0.252 e. The Labute approximate surface area is 621 Å². The standard InChI is InChI=1S/C100H84BN3O2/c1-97(2,3)67-50-65(51-68(59-67)98(4,5)6)72-30-16-21-37-82(72)103-86-48-45-62(74-35-26-42-92-94(74)77-33-19-24-40-90(77)105-92)55-80(86)101-81-56-63(75-36-27-43-93-95(75)78-34-20-25-41-91(78)106-93)46-49-87(81)104(83-38-22-17-31-73(83)66-52-69(99(7,8)9)60-70(53-66)100(10,11)12)89-58-64(57-88(103)96(89)101)61-44-47-85-79(54-61)76-32-18-23-39-84(76)102(85)71-28-14-13-15-29-71/h13-60H,1-12H3. The third-order valence-corrected chi connectivity index (χ3v) is 22.8. The summed E-state index contributed by atoms with van der Waals surface area (Å²) in [4.78, 5) is 5.31.